The number of benzene rings is 1. The number of carbonyl (C=O) groups excluding carboxylic acids is 1. The topological polar surface area (TPSA) is 54.9 Å². The fraction of sp³-hybridized carbons (Fsp3) is 0.250. The van der Waals surface area contributed by atoms with Gasteiger partial charge in [0.05, 0.1) is 0 Å². The van der Waals surface area contributed by atoms with Gasteiger partial charge in [-0.05, 0) is 12.1 Å². The lowest BCUT2D eigenvalue weighted by Crippen LogP contribution is -2.17. The van der Waals surface area contributed by atoms with Gasteiger partial charge in [0.2, 0.25) is 11.0 Å². The van der Waals surface area contributed by atoms with E-state index < -0.39 is 0 Å². The number of nitrogens with zero attached hydrogens (tertiary/aromatic N) is 2. The lowest BCUT2D eigenvalue weighted by Gasteiger charge is -2.02. The lowest BCUT2D eigenvalue weighted by molar-refractivity contribution is -0.118. The summed E-state index contributed by atoms with van der Waals surface area (Å²) in [6.07, 6.45) is 0. The number of rotatable bonds is 3. The van der Waals surface area contributed by atoms with Gasteiger partial charge in [0.25, 0.3) is 0 Å². The van der Waals surface area contributed by atoms with Crippen molar-refractivity contribution in [2.24, 2.45) is 5.92 Å². The number of halogens is 1. The fourth-order valence-electron chi connectivity index (χ4n) is 1.23. The summed E-state index contributed by atoms with van der Waals surface area (Å²) >= 11 is 7.16. The number of aromatic nitrogens is 2. The average Bonchev–Trinajstić information content (AvgIpc) is 2.78. The van der Waals surface area contributed by atoms with E-state index in [0.29, 0.717) is 10.2 Å². The normalized spacial score (nSPS) is 10.7. The van der Waals surface area contributed by atoms with E-state index in [9.17, 15) is 4.79 Å². The van der Waals surface area contributed by atoms with Crippen LogP contribution in [0.4, 0.5) is 5.13 Å². The van der Waals surface area contributed by atoms with Crippen molar-refractivity contribution in [1.82, 2.24) is 10.2 Å². The number of carbonyl (C=O) groups is 1. The molecule has 0 saturated carbocycles. The summed E-state index contributed by atoms with van der Waals surface area (Å²) < 4.78 is 0. The van der Waals surface area contributed by atoms with Crippen LogP contribution in [-0.2, 0) is 4.79 Å². The van der Waals surface area contributed by atoms with Crippen molar-refractivity contribution in [2.45, 2.75) is 13.8 Å². The minimum Gasteiger partial charge on any atom is -0.300 e. The van der Waals surface area contributed by atoms with E-state index in [-0.39, 0.29) is 11.8 Å². The highest BCUT2D eigenvalue weighted by Crippen LogP contribution is 2.27. The molecule has 1 N–H and O–H groups in total. The van der Waals surface area contributed by atoms with Gasteiger partial charge in [0.15, 0.2) is 0 Å². The molecule has 0 aliphatic carbocycles. The molecule has 18 heavy (non-hydrogen) atoms. The highest BCUT2D eigenvalue weighted by molar-refractivity contribution is 7.18. The van der Waals surface area contributed by atoms with Gasteiger partial charge < -0.3 is 5.32 Å². The van der Waals surface area contributed by atoms with Gasteiger partial charge in [-0.15, -0.1) is 10.2 Å². The van der Waals surface area contributed by atoms with Crippen molar-refractivity contribution in [2.75, 3.05) is 5.32 Å². The van der Waals surface area contributed by atoms with Gasteiger partial charge in [-0.1, -0.05) is 48.9 Å². The summed E-state index contributed by atoms with van der Waals surface area (Å²) in [4.78, 5) is 11.5. The van der Waals surface area contributed by atoms with Crippen LogP contribution in [0.1, 0.15) is 13.8 Å². The first-order valence-electron chi connectivity index (χ1n) is 5.46. The van der Waals surface area contributed by atoms with Crippen molar-refractivity contribution in [3.8, 4) is 10.6 Å². The van der Waals surface area contributed by atoms with Gasteiger partial charge in [0, 0.05) is 16.5 Å². The minimum atomic E-state index is -0.0760. The van der Waals surface area contributed by atoms with Crippen LogP contribution < -0.4 is 5.32 Å². The molecule has 1 aromatic carbocycles. The van der Waals surface area contributed by atoms with E-state index in [2.05, 4.69) is 15.5 Å². The van der Waals surface area contributed by atoms with Crippen molar-refractivity contribution < 1.29 is 4.79 Å². The second kappa shape index (κ2) is 5.46. The number of nitrogens with one attached hydrogen (secondary N) is 1. The first kappa shape index (κ1) is 13.0. The van der Waals surface area contributed by atoms with E-state index in [1.807, 2.05) is 26.0 Å². The molecule has 0 aliphatic rings. The largest absolute Gasteiger partial charge is 0.300 e. The quantitative estimate of drug-likeness (QED) is 0.937. The van der Waals surface area contributed by atoms with Gasteiger partial charge in [-0.3, -0.25) is 4.79 Å². The Kier molecular flexibility index (Phi) is 3.93. The molecule has 0 radical (unpaired) electrons. The molecular weight excluding hydrogens is 270 g/mol. The Morgan fingerprint density at radius 2 is 1.94 bits per heavy atom. The van der Waals surface area contributed by atoms with Crippen LogP contribution in [0.2, 0.25) is 5.02 Å². The van der Waals surface area contributed by atoms with Gasteiger partial charge in [-0.2, -0.15) is 0 Å². The van der Waals surface area contributed by atoms with Gasteiger partial charge in [0.1, 0.15) is 5.01 Å². The maximum atomic E-state index is 11.5. The Balaban J connectivity index is 2.15. The monoisotopic (exact) mass is 281 g/mol. The van der Waals surface area contributed by atoms with Crippen molar-refractivity contribution >= 4 is 34.0 Å². The third kappa shape index (κ3) is 3.05. The third-order valence-electron chi connectivity index (χ3n) is 2.27. The molecule has 0 aliphatic heterocycles. The molecule has 1 amide bonds. The molecule has 0 atom stereocenters. The summed E-state index contributed by atoms with van der Waals surface area (Å²) in [7, 11) is 0. The second-order valence-corrected chi connectivity index (χ2v) is 5.48. The van der Waals surface area contributed by atoms with Crippen LogP contribution in [0, 0.1) is 5.92 Å². The van der Waals surface area contributed by atoms with Crippen molar-refractivity contribution in [3.63, 3.8) is 0 Å². The van der Waals surface area contributed by atoms with E-state index in [0.717, 1.165) is 10.6 Å². The molecule has 2 rings (SSSR count). The summed E-state index contributed by atoms with van der Waals surface area (Å²) in [6, 6.07) is 7.34. The van der Waals surface area contributed by atoms with Crippen LogP contribution in [-0.4, -0.2) is 16.1 Å². The Hall–Kier alpha value is -1.46. The van der Waals surface area contributed by atoms with Crippen molar-refractivity contribution in [1.29, 1.82) is 0 Å². The van der Waals surface area contributed by atoms with E-state index in [1.165, 1.54) is 11.3 Å². The number of amides is 1. The molecule has 6 heteroatoms. The third-order valence-corrected chi connectivity index (χ3v) is 3.41. The van der Waals surface area contributed by atoms with E-state index >= 15 is 0 Å². The zero-order chi connectivity index (χ0) is 13.1. The first-order chi connectivity index (χ1) is 8.56. The predicted octanol–water partition coefficient (Wildman–Crippen LogP) is 3.45. The molecule has 1 aromatic heterocycles. The summed E-state index contributed by atoms with van der Waals surface area (Å²) in [5, 5.41) is 12.6. The fourth-order valence-corrected chi connectivity index (χ4v) is 2.11. The summed E-state index contributed by atoms with van der Waals surface area (Å²) in [6.45, 7) is 3.66. The minimum absolute atomic E-state index is 0.0613. The lowest BCUT2D eigenvalue weighted by atomic mass is 10.2. The molecule has 0 spiro atoms. The molecular formula is C12H12ClN3OS. The van der Waals surface area contributed by atoms with Crippen LogP contribution in [0.5, 0.6) is 0 Å². The highest BCUT2D eigenvalue weighted by atomic mass is 35.5. The first-order valence-corrected chi connectivity index (χ1v) is 6.66. The molecule has 0 unspecified atom stereocenters. The zero-order valence-electron chi connectivity index (χ0n) is 9.98. The Morgan fingerprint density at radius 1 is 1.28 bits per heavy atom. The van der Waals surface area contributed by atoms with Gasteiger partial charge in [-0.25, -0.2) is 0 Å². The standard InChI is InChI=1S/C12H12ClN3OS/c1-7(2)10(17)14-12-16-15-11(18-12)8-3-5-9(13)6-4-8/h3-7H,1-2H3,(H,14,16,17). The second-order valence-electron chi connectivity index (χ2n) is 4.06. The number of hydrogen-bond acceptors (Lipinski definition) is 4. The highest BCUT2D eigenvalue weighted by Gasteiger charge is 2.11. The summed E-state index contributed by atoms with van der Waals surface area (Å²) in [5.74, 6) is -0.137. The van der Waals surface area contributed by atoms with E-state index in [1.54, 1.807) is 12.1 Å². The number of anilines is 1. The average molecular weight is 282 g/mol. The smallest absolute Gasteiger partial charge is 0.228 e. The molecule has 4 nitrogen and oxygen atoms in total. The maximum absolute atomic E-state index is 11.5. The Labute approximate surface area is 114 Å². The van der Waals surface area contributed by atoms with Gasteiger partial charge >= 0.3 is 0 Å². The SMILES string of the molecule is CC(C)C(=O)Nc1nnc(-c2ccc(Cl)cc2)s1. The molecule has 1 heterocycles. The molecule has 0 saturated heterocycles. The Morgan fingerprint density at radius 3 is 2.56 bits per heavy atom. The predicted molar refractivity (Wildman–Crippen MR) is 73.8 cm³/mol. The molecule has 0 fully saturated rings. The molecule has 94 valence electrons. The van der Waals surface area contributed by atoms with E-state index in [4.69, 9.17) is 11.6 Å². The van der Waals surface area contributed by atoms with Crippen LogP contribution in [0.15, 0.2) is 24.3 Å². The van der Waals surface area contributed by atoms with Crippen molar-refractivity contribution in [3.05, 3.63) is 29.3 Å². The summed E-state index contributed by atoms with van der Waals surface area (Å²) in [5.41, 5.74) is 0.932. The number of hydrogen-bond donors (Lipinski definition) is 1. The van der Waals surface area contributed by atoms with Crippen LogP contribution >= 0.6 is 22.9 Å². The van der Waals surface area contributed by atoms with Crippen LogP contribution in [0.25, 0.3) is 10.6 Å². The zero-order valence-corrected chi connectivity index (χ0v) is 11.5. The van der Waals surface area contributed by atoms with Crippen LogP contribution in [0.3, 0.4) is 0 Å². The molecule has 2 aromatic rings. The Bertz CT molecular complexity index is 551. The molecule has 0 bridgehead atoms. The maximum Gasteiger partial charge on any atom is 0.228 e.